The van der Waals surface area contributed by atoms with E-state index in [1.54, 1.807) is 41.9 Å². The number of carbonyl (C=O) groups is 1. The summed E-state index contributed by atoms with van der Waals surface area (Å²) in [5, 5.41) is 9.08. The third-order valence-electron chi connectivity index (χ3n) is 5.97. The van der Waals surface area contributed by atoms with Crippen LogP contribution in [0.25, 0.3) is 11.1 Å². The molecule has 184 valence electrons. The Hall–Kier alpha value is -3.08. The number of morpholine rings is 1. The van der Waals surface area contributed by atoms with Crippen molar-refractivity contribution in [2.75, 3.05) is 26.3 Å². The molecule has 1 fully saturated rings. The summed E-state index contributed by atoms with van der Waals surface area (Å²) in [6.07, 6.45) is 0.0986. The van der Waals surface area contributed by atoms with Gasteiger partial charge in [0.15, 0.2) is 0 Å². The maximum atomic E-state index is 12.9. The summed E-state index contributed by atoms with van der Waals surface area (Å²) >= 11 is 0. The van der Waals surface area contributed by atoms with E-state index in [0.29, 0.717) is 0 Å². The van der Waals surface area contributed by atoms with Crippen molar-refractivity contribution in [2.45, 2.75) is 23.9 Å². The number of nitrogens with one attached hydrogen (secondary N) is 2. The van der Waals surface area contributed by atoms with E-state index >= 15 is 0 Å². The minimum Gasteiger partial charge on any atom is -0.379 e. The molecule has 0 saturated carbocycles. The largest absolute Gasteiger partial charge is 0.379 e. The number of amides is 1. The van der Waals surface area contributed by atoms with Crippen molar-refractivity contribution in [1.82, 2.24) is 15.1 Å². The molecular weight excluding hydrogens is 466 g/mol. The molecule has 3 aromatic rings. The van der Waals surface area contributed by atoms with Gasteiger partial charge >= 0.3 is 0 Å². The maximum absolute atomic E-state index is 12.9. The Morgan fingerprint density at radius 3 is 2.09 bits per heavy atom. The van der Waals surface area contributed by atoms with Gasteiger partial charge in [-0.05, 0) is 40.8 Å². The second kappa shape index (κ2) is 11.6. The second-order valence-electron chi connectivity index (χ2n) is 8.45. The summed E-state index contributed by atoms with van der Waals surface area (Å²) in [7, 11) is -3.99. The molecule has 0 bridgehead atoms. The number of hydrogen-bond donors (Lipinski definition) is 3. The predicted octanol–water partition coefficient (Wildman–Crippen LogP) is 2.58. The van der Waals surface area contributed by atoms with Crippen LogP contribution in [-0.4, -0.2) is 56.8 Å². The lowest BCUT2D eigenvalue weighted by molar-refractivity contribution is -0.130. The molecule has 1 aliphatic rings. The number of nitrogens with zero attached hydrogens (tertiary/aromatic N) is 1. The standard InChI is InChI=1S/C26H29N3O5S/c30-26(27-31)25(18-20-4-2-1-3-5-20)28-35(32,33)24-12-10-23(11-13-24)22-8-6-21(7-9-22)19-29-14-16-34-17-15-29/h1-13,25,28,31H,14-19H2,(H,27,30)/t25-/m0/s1. The molecule has 0 spiro atoms. The Balaban J connectivity index is 1.44. The van der Waals surface area contributed by atoms with Crippen LogP contribution in [0.15, 0.2) is 83.8 Å². The third kappa shape index (κ3) is 6.74. The van der Waals surface area contributed by atoms with E-state index in [0.717, 1.165) is 49.5 Å². The molecule has 4 rings (SSSR count). The normalized spacial score (nSPS) is 15.5. The first kappa shape index (κ1) is 25.0. The fourth-order valence-electron chi connectivity index (χ4n) is 4.02. The highest BCUT2D eigenvalue weighted by atomic mass is 32.2. The third-order valence-corrected chi connectivity index (χ3v) is 7.46. The number of carbonyl (C=O) groups excluding carboxylic acids is 1. The van der Waals surface area contributed by atoms with Gasteiger partial charge in [0.25, 0.3) is 5.91 Å². The number of hydrogen-bond acceptors (Lipinski definition) is 6. The van der Waals surface area contributed by atoms with Crippen LogP contribution >= 0.6 is 0 Å². The Kier molecular flexibility index (Phi) is 8.27. The lowest BCUT2D eigenvalue weighted by atomic mass is 10.0. The van der Waals surface area contributed by atoms with Crippen molar-refractivity contribution in [3.63, 3.8) is 0 Å². The summed E-state index contributed by atoms with van der Waals surface area (Å²) < 4.78 is 33.7. The minimum atomic E-state index is -3.99. The minimum absolute atomic E-state index is 0.0361. The van der Waals surface area contributed by atoms with Gasteiger partial charge in [-0.2, -0.15) is 4.72 Å². The van der Waals surface area contributed by atoms with Gasteiger partial charge in [-0.25, -0.2) is 13.9 Å². The molecule has 1 heterocycles. The summed E-state index contributed by atoms with van der Waals surface area (Å²) in [6, 6.07) is 22.5. The highest BCUT2D eigenvalue weighted by molar-refractivity contribution is 7.89. The second-order valence-corrected chi connectivity index (χ2v) is 10.2. The highest BCUT2D eigenvalue weighted by Gasteiger charge is 2.26. The molecule has 1 amide bonds. The van der Waals surface area contributed by atoms with Gasteiger partial charge in [-0.1, -0.05) is 66.7 Å². The molecule has 3 N–H and O–H groups in total. The highest BCUT2D eigenvalue weighted by Crippen LogP contribution is 2.23. The van der Waals surface area contributed by atoms with Gasteiger partial charge in [0.2, 0.25) is 10.0 Å². The van der Waals surface area contributed by atoms with Crippen molar-refractivity contribution in [3.8, 4) is 11.1 Å². The summed E-state index contributed by atoms with van der Waals surface area (Å²) in [4.78, 5) is 14.5. The Labute approximate surface area is 205 Å². The van der Waals surface area contributed by atoms with Gasteiger partial charge in [-0.15, -0.1) is 0 Å². The number of ether oxygens (including phenoxy) is 1. The molecule has 9 heteroatoms. The van der Waals surface area contributed by atoms with E-state index in [9.17, 15) is 13.2 Å². The quantitative estimate of drug-likeness (QED) is 0.311. The van der Waals surface area contributed by atoms with Crippen LogP contribution in [0.5, 0.6) is 0 Å². The monoisotopic (exact) mass is 495 g/mol. The summed E-state index contributed by atoms with van der Waals surface area (Å²) in [6.45, 7) is 4.26. The smallest absolute Gasteiger partial charge is 0.261 e. The van der Waals surface area contributed by atoms with E-state index in [1.807, 2.05) is 18.2 Å². The van der Waals surface area contributed by atoms with Gasteiger partial charge in [-0.3, -0.25) is 14.9 Å². The number of hydroxylamine groups is 1. The zero-order valence-corrected chi connectivity index (χ0v) is 20.1. The number of rotatable bonds is 9. The van der Waals surface area contributed by atoms with E-state index in [1.165, 1.54) is 17.7 Å². The molecule has 1 saturated heterocycles. The van der Waals surface area contributed by atoms with E-state index in [2.05, 4.69) is 21.8 Å². The van der Waals surface area contributed by atoms with E-state index in [4.69, 9.17) is 9.94 Å². The summed E-state index contributed by atoms with van der Waals surface area (Å²) in [5.74, 6) is -0.828. The zero-order valence-electron chi connectivity index (χ0n) is 19.3. The number of benzene rings is 3. The molecule has 1 atom stereocenters. The average Bonchev–Trinajstić information content (AvgIpc) is 2.89. The fourth-order valence-corrected chi connectivity index (χ4v) is 5.21. The van der Waals surface area contributed by atoms with E-state index < -0.39 is 22.0 Å². The molecule has 8 nitrogen and oxygen atoms in total. The predicted molar refractivity (Wildman–Crippen MR) is 132 cm³/mol. The average molecular weight is 496 g/mol. The van der Waals surface area contributed by atoms with Gasteiger partial charge in [0, 0.05) is 19.6 Å². The van der Waals surface area contributed by atoms with Crippen LogP contribution in [0.2, 0.25) is 0 Å². The molecule has 0 aliphatic carbocycles. The topological polar surface area (TPSA) is 108 Å². The van der Waals surface area contributed by atoms with Gasteiger partial charge < -0.3 is 4.74 Å². The van der Waals surface area contributed by atoms with Crippen molar-refractivity contribution < 1.29 is 23.2 Å². The Bertz CT molecular complexity index is 1210. The van der Waals surface area contributed by atoms with Crippen molar-refractivity contribution >= 4 is 15.9 Å². The van der Waals surface area contributed by atoms with Crippen LogP contribution in [0.4, 0.5) is 0 Å². The van der Waals surface area contributed by atoms with Crippen LogP contribution in [-0.2, 0) is 32.5 Å². The van der Waals surface area contributed by atoms with Crippen molar-refractivity contribution in [3.05, 3.63) is 90.0 Å². The SMILES string of the molecule is O=C(NO)[C@H](Cc1ccccc1)NS(=O)(=O)c1ccc(-c2ccc(CN3CCOCC3)cc2)cc1. The number of sulfonamides is 1. The van der Waals surface area contributed by atoms with Crippen molar-refractivity contribution in [2.24, 2.45) is 0 Å². The molecule has 0 unspecified atom stereocenters. The fraction of sp³-hybridized carbons (Fsp3) is 0.269. The molecule has 0 radical (unpaired) electrons. The molecule has 35 heavy (non-hydrogen) atoms. The zero-order chi connectivity index (χ0) is 24.7. The maximum Gasteiger partial charge on any atom is 0.261 e. The first-order chi connectivity index (χ1) is 16.9. The Morgan fingerprint density at radius 2 is 1.49 bits per heavy atom. The molecule has 0 aromatic heterocycles. The first-order valence-electron chi connectivity index (χ1n) is 11.4. The first-order valence-corrected chi connectivity index (χ1v) is 12.9. The van der Waals surface area contributed by atoms with E-state index in [-0.39, 0.29) is 11.3 Å². The molecular formula is C26H29N3O5S. The lowest BCUT2D eigenvalue weighted by Crippen LogP contribution is -2.47. The Morgan fingerprint density at radius 1 is 0.886 bits per heavy atom. The molecule has 3 aromatic carbocycles. The van der Waals surface area contributed by atoms with Crippen molar-refractivity contribution in [1.29, 1.82) is 0 Å². The van der Waals surface area contributed by atoms with Crippen LogP contribution < -0.4 is 10.2 Å². The molecule has 1 aliphatic heterocycles. The summed E-state index contributed by atoms with van der Waals surface area (Å²) in [5.41, 5.74) is 5.38. The van der Waals surface area contributed by atoms with Crippen LogP contribution in [0, 0.1) is 0 Å². The van der Waals surface area contributed by atoms with Gasteiger partial charge in [0.05, 0.1) is 18.1 Å². The van der Waals surface area contributed by atoms with Gasteiger partial charge in [0.1, 0.15) is 6.04 Å². The van der Waals surface area contributed by atoms with Crippen LogP contribution in [0.1, 0.15) is 11.1 Å². The van der Waals surface area contributed by atoms with Crippen LogP contribution in [0.3, 0.4) is 0 Å². The lowest BCUT2D eigenvalue weighted by Gasteiger charge is -2.26.